The summed E-state index contributed by atoms with van der Waals surface area (Å²) in [5.41, 5.74) is 0.129. The molecular weight excluding hydrogens is 425 g/mol. The Bertz CT molecular complexity index is 1000. The first-order chi connectivity index (χ1) is 14.2. The Morgan fingerprint density at radius 3 is 2.47 bits per heavy atom. The molecule has 1 aromatic carbocycles. The van der Waals surface area contributed by atoms with E-state index in [1.54, 1.807) is 24.3 Å². The van der Waals surface area contributed by atoms with Crippen molar-refractivity contribution in [2.75, 3.05) is 5.32 Å². The minimum Gasteiger partial charge on any atom is -0.466 e. The second kappa shape index (κ2) is 9.01. The molecule has 0 fully saturated rings. The summed E-state index contributed by atoms with van der Waals surface area (Å²) in [5, 5.41) is 14.9. The first-order valence-electron chi connectivity index (χ1n) is 8.46. The summed E-state index contributed by atoms with van der Waals surface area (Å²) in [6.45, 7) is 0.0557. The maximum Gasteiger partial charge on any atom is 0.573 e. The molecule has 0 unspecified atom stereocenters. The fourth-order valence-corrected chi connectivity index (χ4v) is 3.35. The van der Waals surface area contributed by atoms with Gasteiger partial charge in [-0.1, -0.05) is 0 Å². The second-order valence-electron chi connectivity index (χ2n) is 5.93. The van der Waals surface area contributed by atoms with E-state index >= 15 is 0 Å². The lowest BCUT2D eigenvalue weighted by molar-refractivity contribution is -0.274. The van der Waals surface area contributed by atoms with Crippen LogP contribution in [0.15, 0.2) is 59.2 Å². The van der Waals surface area contributed by atoms with Crippen molar-refractivity contribution in [1.29, 1.82) is 0 Å². The van der Waals surface area contributed by atoms with E-state index in [1.807, 2.05) is 0 Å². The molecule has 0 saturated carbocycles. The molecule has 1 atom stereocenters. The van der Waals surface area contributed by atoms with Crippen molar-refractivity contribution in [3.8, 4) is 5.75 Å². The molecule has 3 N–H and O–H groups in total. The van der Waals surface area contributed by atoms with Crippen molar-refractivity contribution < 1.29 is 37.0 Å². The topological polar surface area (TPSA) is 101 Å². The Balaban J connectivity index is 1.50. The number of anilines is 1. The maximum absolute atomic E-state index is 12.1. The average molecular weight is 440 g/mol. The predicted octanol–water partition coefficient (Wildman–Crippen LogP) is 3.58. The van der Waals surface area contributed by atoms with E-state index in [1.165, 1.54) is 29.7 Å². The van der Waals surface area contributed by atoms with Crippen molar-refractivity contribution in [2.45, 2.75) is 19.0 Å². The van der Waals surface area contributed by atoms with Crippen LogP contribution in [0.4, 0.5) is 18.9 Å². The van der Waals surface area contributed by atoms with Crippen LogP contribution in [0, 0.1) is 0 Å². The van der Waals surface area contributed by atoms with E-state index < -0.39 is 30.0 Å². The SMILES string of the molecule is O=C(NCc1ccc([C@@H](O)c2ccco2)s1)C(=O)Nc1ccc(OC(F)(F)F)cc1. The average Bonchev–Trinajstić information content (AvgIpc) is 3.38. The number of carbonyl (C=O) groups is 2. The zero-order chi connectivity index (χ0) is 21.7. The van der Waals surface area contributed by atoms with Gasteiger partial charge in [-0.25, -0.2) is 0 Å². The van der Waals surface area contributed by atoms with Gasteiger partial charge in [0.15, 0.2) is 0 Å². The molecular formula is C19H15F3N2O5S. The molecule has 30 heavy (non-hydrogen) atoms. The number of nitrogens with one attached hydrogen (secondary N) is 2. The van der Waals surface area contributed by atoms with Gasteiger partial charge in [0.05, 0.1) is 12.8 Å². The number of thiophene rings is 1. The lowest BCUT2D eigenvalue weighted by Crippen LogP contribution is -2.34. The van der Waals surface area contributed by atoms with E-state index in [9.17, 15) is 27.9 Å². The van der Waals surface area contributed by atoms with Crippen LogP contribution >= 0.6 is 11.3 Å². The molecule has 0 aliphatic carbocycles. The summed E-state index contributed by atoms with van der Waals surface area (Å²) in [6.07, 6.45) is -4.30. The summed E-state index contributed by atoms with van der Waals surface area (Å²) >= 11 is 1.24. The maximum atomic E-state index is 12.1. The Morgan fingerprint density at radius 2 is 1.83 bits per heavy atom. The predicted molar refractivity (Wildman–Crippen MR) is 101 cm³/mol. The zero-order valence-corrected chi connectivity index (χ0v) is 15.9. The van der Waals surface area contributed by atoms with E-state index in [2.05, 4.69) is 15.4 Å². The molecule has 3 aromatic rings. The molecule has 0 radical (unpaired) electrons. The summed E-state index contributed by atoms with van der Waals surface area (Å²) in [5.74, 6) is -1.97. The number of benzene rings is 1. The number of amides is 2. The van der Waals surface area contributed by atoms with Gasteiger partial charge in [-0.15, -0.1) is 24.5 Å². The molecule has 0 aliphatic rings. The van der Waals surface area contributed by atoms with Gasteiger partial charge in [0.1, 0.15) is 17.6 Å². The number of furan rings is 1. The van der Waals surface area contributed by atoms with Gasteiger partial charge in [0.25, 0.3) is 0 Å². The lowest BCUT2D eigenvalue weighted by Gasteiger charge is -2.10. The molecule has 2 amide bonds. The molecule has 7 nitrogen and oxygen atoms in total. The number of aliphatic hydroxyl groups excluding tert-OH is 1. The third-order valence-corrected chi connectivity index (χ3v) is 4.88. The second-order valence-corrected chi connectivity index (χ2v) is 7.13. The van der Waals surface area contributed by atoms with Crippen LogP contribution in [-0.2, 0) is 16.1 Å². The molecule has 0 spiro atoms. The molecule has 0 aliphatic heterocycles. The fourth-order valence-electron chi connectivity index (χ4n) is 2.40. The number of ether oxygens (including phenoxy) is 1. The van der Waals surface area contributed by atoms with Gasteiger partial charge in [0.2, 0.25) is 0 Å². The standard InChI is InChI=1S/C19H15F3N2O5S/c20-19(21,22)29-12-5-3-11(4-6-12)24-18(27)17(26)23-10-13-7-8-15(30-13)16(25)14-2-1-9-28-14/h1-9,16,25H,10H2,(H,23,26)(H,24,27)/t16-/m0/s1. The summed E-state index contributed by atoms with van der Waals surface area (Å²) in [6, 6.07) is 11.0. The van der Waals surface area contributed by atoms with Gasteiger partial charge < -0.3 is 24.9 Å². The largest absolute Gasteiger partial charge is 0.573 e. The first-order valence-corrected chi connectivity index (χ1v) is 9.28. The van der Waals surface area contributed by atoms with Gasteiger partial charge in [-0.2, -0.15) is 0 Å². The number of aliphatic hydroxyl groups is 1. The van der Waals surface area contributed by atoms with Crippen molar-refractivity contribution in [1.82, 2.24) is 5.32 Å². The molecule has 11 heteroatoms. The molecule has 2 aromatic heterocycles. The number of rotatable bonds is 6. The highest BCUT2D eigenvalue weighted by Gasteiger charge is 2.31. The summed E-state index contributed by atoms with van der Waals surface area (Å²) < 4.78 is 45.3. The number of alkyl halides is 3. The smallest absolute Gasteiger partial charge is 0.466 e. The van der Waals surface area contributed by atoms with E-state index in [0.717, 1.165) is 12.1 Å². The number of carbonyl (C=O) groups excluding carboxylic acids is 2. The highest BCUT2D eigenvalue weighted by atomic mass is 32.1. The van der Waals surface area contributed by atoms with E-state index in [0.29, 0.717) is 15.5 Å². The van der Waals surface area contributed by atoms with E-state index in [-0.39, 0.29) is 12.2 Å². The Kier molecular flexibility index (Phi) is 6.43. The van der Waals surface area contributed by atoms with Crippen LogP contribution in [-0.4, -0.2) is 23.3 Å². The molecule has 0 saturated heterocycles. The number of hydrogen-bond acceptors (Lipinski definition) is 6. The molecule has 158 valence electrons. The van der Waals surface area contributed by atoms with Crippen molar-refractivity contribution in [3.63, 3.8) is 0 Å². The van der Waals surface area contributed by atoms with Crippen molar-refractivity contribution >= 4 is 28.8 Å². The Morgan fingerprint density at radius 1 is 1.10 bits per heavy atom. The first kappa shape index (κ1) is 21.4. The minimum atomic E-state index is -4.82. The number of hydrogen-bond donors (Lipinski definition) is 3. The van der Waals surface area contributed by atoms with Crippen LogP contribution in [0.3, 0.4) is 0 Å². The monoisotopic (exact) mass is 440 g/mol. The molecule has 0 bridgehead atoms. The summed E-state index contributed by atoms with van der Waals surface area (Å²) in [7, 11) is 0. The van der Waals surface area contributed by atoms with Crippen LogP contribution in [0.1, 0.15) is 21.6 Å². The van der Waals surface area contributed by atoms with Gasteiger partial charge in [0, 0.05) is 15.4 Å². The minimum absolute atomic E-state index is 0.0557. The van der Waals surface area contributed by atoms with Gasteiger partial charge >= 0.3 is 18.2 Å². The fraction of sp³-hybridized carbons (Fsp3) is 0.158. The quantitative estimate of drug-likeness (QED) is 0.509. The van der Waals surface area contributed by atoms with Gasteiger partial charge in [-0.3, -0.25) is 9.59 Å². The van der Waals surface area contributed by atoms with Crippen LogP contribution in [0.25, 0.3) is 0 Å². The highest BCUT2D eigenvalue weighted by molar-refractivity contribution is 7.12. The van der Waals surface area contributed by atoms with Crippen molar-refractivity contribution in [2.24, 2.45) is 0 Å². The van der Waals surface area contributed by atoms with Crippen molar-refractivity contribution in [3.05, 3.63) is 70.3 Å². The Labute approximate surface area is 172 Å². The summed E-state index contributed by atoms with van der Waals surface area (Å²) in [4.78, 5) is 25.2. The van der Waals surface area contributed by atoms with E-state index in [4.69, 9.17) is 4.42 Å². The van der Waals surface area contributed by atoms with Gasteiger partial charge in [-0.05, 0) is 48.5 Å². The normalized spacial score (nSPS) is 12.3. The molecule has 2 heterocycles. The zero-order valence-electron chi connectivity index (χ0n) is 15.1. The van der Waals surface area contributed by atoms with Crippen LogP contribution in [0.5, 0.6) is 5.75 Å². The highest BCUT2D eigenvalue weighted by Crippen LogP contribution is 2.28. The van der Waals surface area contributed by atoms with Crippen LogP contribution < -0.4 is 15.4 Å². The van der Waals surface area contributed by atoms with Crippen LogP contribution in [0.2, 0.25) is 0 Å². The third kappa shape index (κ3) is 5.84. The Hall–Kier alpha value is -3.31. The number of halogens is 3. The molecule has 3 rings (SSSR count). The lowest BCUT2D eigenvalue weighted by atomic mass is 10.2. The third-order valence-electron chi connectivity index (χ3n) is 3.74.